The lowest BCUT2D eigenvalue weighted by molar-refractivity contribution is -0.137. The molecule has 3 heterocycles. The van der Waals surface area contributed by atoms with E-state index in [2.05, 4.69) is 4.98 Å². The second kappa shape index (κ2) is 6.99. The molecule has 1 fully saturated rings. The summed E-state index contributed by atoms with van der Waals surface area (Å²) in [6.07, 6.45) is 3.74. The van der Waals surface area contributed by atoms with Crippen LogP contribution in [0.15, 0.2) is 39.5 Å². The molecule has 0 spiro atoms. The SMILES string of the molecule is CSc1c(Cl)ccc2c(=O)c3ccc(C=C4COC4)nc3n(CC(=O)O)c12. The fourth-order valence-electron chi connectivity index (χ4n) is 3.17. The van der Waals surface area contributed by atoms with Crippen molar-refractivity contribution >= 4 is 57.3 Å². The van der Waals surface area contributed by atoms with Crippen molar-refractivity contribution in [3.05, 3.63) is 50.8 Å². The number of nitrogens with zero attached hydrogens (tertiary/aromatic N) is 2. The summed E-state index contributed by atoms with van der Waals surface area (Å²) in [5.74, 6) is -1.02. The first-order valence-electron chi connectivity index (χ1n) is 8.18. The minimum Gasteiger partial charge on any atom is -0.480 e. The van der Waals surface area contributed by atoms with Gasteiger partial charge in [0.2, 0.25) is 0 Å². The number of pyridine rings is 2. The van der Waals surface area contributed by atoms with Crippen LogP contribution in [0.5, 0.6) is 0 Å². The third-order valence-corrected chi connectivity index (χ3v) is 5.67. The predicted octanol–water partition coefficient (Wildman–Crippen LogP) is 3.42. The third kappa shape index (κ3) is 3.12. The zero-order chi connectivity index (χ0) is 19.1. The highest BCUT2D eigenvalue weighted by Gasteiger charge is 2.19. The van der Waals surface area contributed by atoms with E-state index in [1.165, 1.54) is 11.8 Å². The first-order chi connectivity index (χ1) is 13.0. The number of aliphatic carboxylic acids is 1. The van der Waals surface area contributed by atoms with Gasteiger partial charge in [-0.15, -0.1) is 11.8 Å². The summed E-state index contributed by atoms with van der Waals surface area (Å²) in [5.41, 5.74) is 2.41. The van der Waals surface area contributed by atoms with Crippen molar-refractivity contribution in [1.29, 1.82) is 0 Å². The Morgan fingerprint density at radius 3 is 2.70 bits per heavy atom. The number of thioether (sulfide) groups is 1. The number of halogens is 1. The summed E-state index contributed by atoms with van der Waals surface area (Å²) in [5, 5.41) is 10.7. The molecule has 138 valence electrons. The van der Waals surface area contributed by atoms with Gasteiger partial charge in [-0.25, -0.2) is 4.98 Å². The minimum atomic E-state index is -1.02. The van der Waals surface area contributed by atoms with Gasteiger partial charge in [0, 0.05) is 5.39 Å². The summed E-state index contributed by atoms with van der Waals surface area (Å²) in [6.45, 7) is 0.800. The topological polar surface area (TPSA) is 81.4 Å². The number of benzene rings is 1. The number of fused-ring (bicyclic) bond motifs is 2. The van der Waals surface area contributed by atoms with Gasteiger partial charge >= 0.3 is 5.97 Å². The van der Waals surface area contributed by atoms with Crippen LogP contribution in [0.2, 0.25) is 5.02 Å². The average Bonchev–Trinajstić information content (AvgIpc) is 2.61. The van der Waals surface area contributed by atoms with Crippen molar-refractivity contribution in [2.24, 2.45) is 0 Å². The standard InChI is InChI=1S/C19H15ClN2O4S/c1-27-18-14(20)5-4-12-16(18)22(7-15(23)24)19-13(17(12)25)3-2-11(21-19)6-10-8-26-9-10/h2-6H,7-9H2,1H3,(H,23,24). The Morgan fingerprint density at radius 1 is 1.33 bits per heavy atom. The number of carbonyl (C=O) groups is 1. The molecule has 0 amide bonds. The molecule has 8 heteroatoms. The largest absolute Gasteiger partial charge is 0.480 e. The van der Waals surface area contributed by atoms with E-state index in [-0.39, 0.29) is 12.0 Å². The van der Waals surface area contributed by atoms with Crippen LogP contribution >= 0.6 is 23.4 Å². The molecule has 0 saturated carbocycles. The Bertz CT molecular complexity index is 1180. The number of ether oxygens (including phenoxy) is 1. The van der Waals surface area contributed by atoms with Gasteiger partial charge in [-0.05, 0) is 42.2 Å². The zero-order valence-electron chi connectivity index (χ0n) is 14.4. The quantitative estimate of drug-likeness (QED) is 0.532. The van der Waals surface area contributed by atoms with Gasteiger partial charge in [-0.3, -0.25) is 9.59 Å². The molecule has 0 radical (unpaired) electrons. The summed E-state index contributed by atoms with van der Waals surface area (Å²) in [6, 6.07) is 6.76. The van der Waals surface area contributed by atoms with E-state index >= 15 is 0 Å². The van der Waals surface area contributed by atoms with Gasteiger partial charge < -0.3 is 14.4 Å². The highest BCUT2D eigenvalue weighted by Crippen LogP contribution is 2.33. The fraction of sp³-hybridized carbons (Fsp3) is 0.211. The molecule has 2 aromatic heterocycles. The van der Waals surface area contributed by atoms with E-state index in [1.54, 1.807) is 28.8 Å². The lowest BCUT2D eigenvalue weighted by Crippen LogP contribution is -2.18. The molecule has 4 rings (SSSR count). The van der Waals surface area contributed by atoms with Crippen molar-refractivity contribution in [1.82, 2.24) is 9.55 Å². The summed E-state index contributed by atoms with van der Waals surface area (Å²) < 4.78 is 6.71. The number of aromatic nitrogens is 2. The van der Waals surface area contributed by atoms with Crippen LogP contribution in [0.1, 0.15) is 5.69 Å². The molecule has 0 bridgehead atoms. The Kier molecular flexibility index (Phi) is 4.67. The molecule has 6 nitrogen and oxygen atoms in total. The molecule has 3 aromatic rings. The summed E-state index contributed by atoms with van der Waals surface area (Å²) in [4.78, 5) is 29.8. The molecule has 0 atom stereocenters. The number of carboxylic acids is 1. The van der Waals surface area contributed by atoms with E-state index < -0.39 is 5.97 Å². The average molecular weight is 403 g/mol. The van der Waals surface area contributed by atoms with E-state index in [0.29, 0.717) is 50.8 Å². The molecular formula is C19H15ClN2O4S. The molecule has 1 aromatic carbocycles. The van der Waals surface area contributed by atoms with Crippen LogP contribution in [0, 0.1) is 0 Å². The van der Waals surface area contributed by atoms with Crippen molar-refractivity contribution in [2.75, 3.05) is 19.5 Å². The van der Waals surface area contributed by atoms with E-state index in [4.69, 9.17) is 16.3 Å². The molecule has 0 aliphatic carbocycles. The monoisotopic (exact) mass is 402 g/mol. The van der Waals surface area contributed by atoms with Crippen molar-refractivity contribution in [2.45, 2.75) is 11.4 Å². The summed E-state index contributed by atoms with van der Waals surface area (Å²) in [7, 11) is 0. The molecular weight excluding hydrogens is 388 g/mol. The number of hydrogen-bond acceptors (Lipinski definition) is 5. The van der Waals surface area contributed by atoms with Gasteiger partial charge in [0.25, 0.3) is 0 Å². The normalized spacial score (nSPS) is 13.8. The maximum atomic E-state index is 13.0. The predicted molar refractivity (Wildman–Crippen MR) is 107 cm³/mol. The van der Waals surface area contributed by atoms with Crippen LogP contribution in [-0.4, -0.2) is 40.1 Å². The fourth-order valence-corrected chi connectivity index (χ4v) is 4.23. The van der Waals surface area contributed by atoms with Gasteiger partial charge in [0.15, 0.2) is 5.43 Å². The molecule has 1 aliphatic heterocycles. The minimum absolute atomic E-state index is 0.188. The van der Waals surface area contributed by atoms with Crippen LogP contribution in [0.4, 0.5) is 0 Å². The van der Waals surface area contributed by atoms with E-state index in [0.717, 1.165) is 5.57 Å². The maximum absolute atomic E-state index is 13.0. The van der Waals surface area contributed by atoms with Crippen LogP contribution in [0.3, 0.4) is 0 Å². The Hall–Kier alpha value is -2.35. The van der Waals surface area contributed by atoms with Crippen molar-refractivity contribution < 1.29 is 14.6 Å². The smallest absolute Gasteiger partial charge is 0.323 e. The number of rotatable bonds is 4. The number of hydrogen-bond donors (Lipinski definition) is 1. The molecule has 1 aliphatic rings. The Morgan fingerprint density at radius 2 is 2.07 bits per heavy atom. The maximum Gasteiger partial charge on any atom is 0.323 e. The van der Waals surface area contributed by atoms with E-state index in [9.17, 15) is 14.7 Å². The molecule has 0 unspecified atom stereocenters. The second-order valence-electron chi connectivity index (χ2n) is 6.19. The zero-order valence-corrected chi connectivity index (χ0v) is 15.9. The van der Waals surface area contributed by atoms with Crippen LogP contribution in [-0.2, 0) is 16.1 Å². The van der Waals surface area contributed by atoms with Gasteiger partial charge in [-0.2, -0.15) is 0 Å². The second-order valence-corrected chi connectivity index (χ2v) is 7.41. The van der Waals surface area contributed by atoms with Gasteiger partial charge in [0.1, 0.15) is 12.2 Å². The highest BCUT2D eigenvalue weighted by molar-refractivity contribution is 7.99. The first kappa shape index (κ1) is 18.0. The van der Waals surface area contributed by atoms with E-state index in [1.807, 2.05) is 12.3 Å². The van der Waals surface area contributed by atoms with Gasteiger partial charge in [0.05, 0.1) is 39.7 Å². The highest BCUT2D eigenvalue weighted by atomic mass is 35.5. The Labute approximate surface area is 163 Å². The molecule has 27 heavy (non-hydrogen) atoms. The lowest BCUT2D eigenvalue weighted by atomic mass is 10.1. The third-order valence-electron chi connectivity index (χ3n) is 4.42. The molecule has 1 saturated heterocycles. The van der Waals surface area contributed by atoms with Crippen molar-refractivity contribution in [3.63, 3.8) is 0 Å². The van der Waals surface area contributed by atoms with Crippen LogP contribution in [0.25, 0.3) is 28.0 Å². The summed E-state index contributed by atoms with van der Waals surface area (Å²) >= 11 is 7.68. The Balaban J connectivity index is 2.13. The van der Waals surface area contributed by atoms with Gasteiger partial charge in [-0.1, -0.05) is 11.6 Å². The van der Waals surface area contributed by atoms with Crippen LogP contribution < -0.4 is 5.43 Å². The number of carboxylic acid groups (broad SMARTS) is 1. The lowest BCUT2D eigenvalue weighted by Gasteiger charge is -2.18. The van der Waals surface area contributed by atoms with Crippen molar-refractivity contribution in [3.8, 4) is 0 Å². The molecule has 1 N–H and O–H groups in total. The first-order valence-corrected chi connectivity index (χ1v) is 9.78.